The number of sulfone groups is 1. The second kappa shape index (κ2) is 2.94. The van der Waals surface area contributed by atoms with E-state index in [4.69, 9.17) is 0 Å². The SMILES string of the molecule is O=S1(=O)CC(n2nnc3cc(O)ccc32)C1. The van der Waals surface area contributed by atoms with E-state index < -0.39 is 9.84 Å². The molecule has 0 aliphatic carbocycles. The predicted molar refractivity (Wildman–Crippen MR) is 56.9 cm³/mol. The summed E-state index contributed by atoms with van der Waals surface area (Å²) in [6.07, 6.45) is 0. The molecular weight excluding hydrogens is 230 g/mol. The molecule has 1 fully saturated rings. The summed E-state index contributed by atoms with van der Waals surface area (Å²) in [5, 5.41) is 17.1. The number of rotatable bonds is 1. The molecule has 16 heavy (non-hydrogen) atoms. The molecule has 1 aliphatic heterocycles. The van der Waals surface area contributed by atoms with Gasteiger partial charge < -0.3 is 5.11 Å². The first kappa shape index (κ1) is 9.59. The van der Waals surface area contributed by atoms with Crippen LogP contribution < -0.4 is 0 Å². The summed E-state index contributed by atoms with van der Waals surface area (Å²) in [7, 11) is -2.87. The summed E-state index contributed by atoms with van der Waals surface area (Å²) < 4.78 is 23.8. The average Bonchev–Trinajstić information content (AvgIpc) is 2.56. The highest BCUT2D eigenvalue weighted by Crippen LogP contribution is 2.27. The van der Waals surface area contributed by atoms with Crippen molar-refractivity contribution in [2.24, 2.45) is 0 Å². The maximum Gasteiger partial charge on any atom is 0.154 e. The summed E-state index contributed by atoms with van der Waals surface area (Å²) in [5.41, 5.74) is 1.32. The standard InChI is InChI=1S/C9H9N3O3S/c13-7-1-2-9-8(3-7)10-11-12(9)6-4-16(14,15)5-6/h1-3,6,13H,4-5H2. The van der Waals surface area contributed by atoms with Crippen LogP contribution in [0.1, 0.15) is 6.04 Å². The van der Waals surface area contributed by atoms with Crippen molar-refractivity contribution in [2.75, 3.05) is 11.5 Å². The maximum atomic E-state index is 11.1. The second-order valence-corrected chi connectivity index (χ2v) is 6.09. The number of nitrogens with zero attached hydrogens (tertiary/aromatic N) is 3. The molecule has 1 N–H and O–H groups in total. The third-order valence-corrected chi connectivity index (χ3v) is 4.48. The molecule has 1 saturated heterocycles. The predicted octanol–water partition coefficient (Wildman–Crippen LogP) is 0.106. The fourth-order valence-corrected chi connectivity index (χ4v) is 3.24. The topological polar surface area (TPSA) is 85.1 Å². The van der Waals surface area contributed by atoms with Crippen molar-refractivity contribution >= 4 is 20.9 Å². The van der Waals surface area contributed by atoms with Gasteiger partial charge in [0.25, 0.3) is 0 Å². The molecule has 2 heterocycles. The molecular formula is C9H9N3O3S. The van der Waals surface area contributed by atoms with Crippen molar-refractivity contribution in [2.45, 2.75) is 6.04 Å². The molecule has 0 unspecified atom stereocenters. The summed E-state index contributed by atoms with van der Waals surface area (Å²) >= 11 is 0. The van der Waals surface area contributed by atoms with Crippen molar-refractivity contribution in [1.29, 1.82) is 0 Å². The molecule has 1 aromatic heterocycles. The molecule has 0 saturated carbocycles. The normalized spacial score (nSPS) is 19.8. The van der Waals surface area contributed by atoms with E-state index in [2.05, 4.69) is 10.3 Å². The van der Waals surface area contributed by atoms with Gasteiger partial charge in [-0.1, -0.05) is 5.21 Å². The highest BCUT2D eigenvalue weighted by atomic mass is 32.2. The largest absolute Gasteiger partial charge is 0.508 e. The van der Waals surface area contributed by atoms with Gasteiger partial charge in [0.05, 0.1) is 23.1 Å². The Morgan fingerprint density at radius 1 is 1.38 bits per heavy atom. The van der Waals surface area contributed by atoms with Crippen LogP contribution in [0.5, 0.6) is 5.75 Å². The van der Waals surface area contributed by atoms with E-state index in [9.17, 15) is 13.5 Å². The van der Waals surface area contributed by atoms with Crippen molar-refractivity contribution in [3.05, 3.63) is 18.2 Å². The van der Waals surface area contributed by atoms with Crippen LogP contribution in [-0.4, -0.2) is 40.0 Å². The van der Waals surface area contributed by atoms with E-state index in [1.165, 1.54) is 12.1 Å². The molecule has 0 atom stereocenters. The van der Waals surface area contributed by atoms with Gasteiger partial charge in [-0.2, -0.15) is 0 Å². The van der Waals surface area contributed by atoms with Crippen LogP contribution >= 0.6 is 0 Å². The molecule has 1 aliphatic rings. The van der Waals surface area contributed by atoms with Gasteiger partial charge in [-0.15, -0.1) is 5.10 Å². The number of fused-ring (bicyclic) bond motifs is 1. The number of phenolic OH excluding ortho intramolecular Hbond substituents is 1. The Balaban J connectivity index is 2.06. The van der Waals surface area contributed by atoms with Crippen LogP contribution in [-0.2, 0) is 9.84 Å². The second-order valence-electron chi connectivity index (χ2n) is 3.94. The quantitative estimate of drug-likeness (QED) is 0.763. The molecule has 84 valence electrons. The van der Waals surface area contributed by atoms with Gasteiger partial charge in [-0.05, 0) is 12.1 Å². The molecule has 0 bridgehead atoms. The summed E-state index contributed by atoms with van der Waals surface area (Å²) in [6.45, 7) is 0. The summed E-state index contributed by atoms with van der Waals surface area (Å²) in [6, 6.07) is 4.61. The molecule has 7 heteroatoms. The fraction of sp³-hybridized carbons (Fsp3) is 0.333. The van der Waals surface area contributed by atoms with Gasteiger partial charge in [0.15, 0.2) is 9.84 Å². The van der Waals surface area contributed by atoms with Crippen LogP contribution in [0.2, 0.25) is 0 Å². The third kappa shape index (κ3) is 1.35. The summed E-state index contributed by atoms with van der Waals surface area (Å²) in [4.78, 5) is 0. The molecule has 0 radical (unpaired) electrons. The summed E-state index contributed by atoms with van der Waals surface area (Å²) in [5.74, 6) is 0.361. The van der Waals surface area contributed by atoms with Gasteiger partial charge in [-0.3, -0.25) is 0 Å². The zero-order valence-corrected chi connectivity index (χ0v) is 9.05. The zero-order chi connectivity index (χ0) is 11.3. The van der Waals surface area contributed by atoms with E-state index in [1.807, 2.05) is 0 Å². The molecule has 0 amide bonds. The van der Waals surface area contributed by atoms with Crippen LogP contribution in [0.3, 0.4) is 0 Å². The van der Waals surface area contributed by atoms with Crippen LogP contribution in [0.4, 0.5) is 0 Å². The van der Waals surface area contributed by atoms with E-state index >= 15 is 0 Å². The first-order valence-corrected chi connectivity index (χ1v) is 6.62. The van der Waals surface area contributed by atoms with Gasteiger partial charge in [0, 0.05) is 6.07 Å². The molecule has 2 aromatic rings. The van der Waals surface area contributed by atoms with Gasteiger partial charge in [0.2, 0.25) is 0 Å². The number of aromatic hydroxyl groups is 1. The molecule has 1 aromatic carbocycles. The van der Waals surface area contributed by atoms with Crippen molar-refractivity contribution < 1.29 is 13.5 Å². The van der Waals surface area contributed by atoms with Gasteiger partial charge >= 0.3 is 0 Å². The zero-order valence-electron chi connectivity index (χ0n) is 8.24. The van der Waals surface area contributed by atoms with E-state index in [-0.39, 0.29) is 23.3 Å². The minimum absolute atomic E-state index is 0.117. The van der Waals surface area contributed by atoms with E-state index in [1.54, 1.807) is 10.7 Å². The lowest BCUT2D eigenvalue weighted by Gasteiger charge is -2.25. The highest BCUT2D eigenvalue weighted by molar-refractivity contribution is 7.92. The minimum Gasteiger partial charge on any atom is -0.508 e. The molecule has 6 nitrogen and oxygen atoms in total. The van der Waals surface area contributed by atoms with Crippen molar-refractivity contribution in [3.8, 4) is 5.75 Å². The Labute approximate surface area is 91.4 Å². The Morgan fingerprint density at radius 3 is 2.81 bits per heavy atom. The van der Waals surface area contributed by atoms with Crippen LogP contribution in [0.15, 0.2) is 18.2 Å². The monoisotopic (exact) mass is 239 g/mol. The van der Waals surface area contributed by atoms with Crippen LogP contribution in [0, 0.1) is 0 Å². The highest BCUT2D eigenvalue weighted by Gasteiger charge is 2.36. The van der Waals surface area contributed by atoms with Crippen molar-refractivity contribution in [1.82, 2.24) is 15.0 Å². The van der Waals surface area contributed by atoms with Crippen molar-refractivity contribution in [3.63, 3.8) is 0 Å². The Kier molecular flexibility index (Phi) is 1.76. The lowest BCUT2D eigenvalue weighted by atomic mass is 10.3. The Bertz CT molecular complexity index is 650. The number of phenols is 1. The molecule has 3 rings (SSSR count). The number of hydrogen-bond acceptors (Lipinski definition) is 5. The Morgan fingerprint density at radius 2 is 2.12 bits per heavy atom. The minimum atomic E-state index is -2.87. The number of hydrogen-bond donors (Lipinski definition) is 1. The van der Waals surface area contributed by atoms with Gasteiger partial charge in [0.1, 0.15) is 11.3 Å². The Hall–Kier alpha value is -1.63. The fourth-order valence-electron chi connectivity index (χ4n) is 1.88. The molecule has 0 spiro atoms. The lowest BCUT2D eigenvalue weighted by Crippen LogP contribution is -2.38. The van der Waals surface area contributed by atoms with E-state index in [0.29, 0.717) is 5.52 Å². The lowest BCUT2D eigenvalue weighted by molar-refractivity contribution is 0.472. The number of aromatic nitrogens is 3. The number of benzene rings is 1. The maximum absolute atomic E-state index is 11.1. The first-order chi connectivity index (χ1) is 7.55. The first-order valence-electron chi connectivity index (χ1n) is 4.79. The van der Waals surface area contributed by atoms with Crippen LogP contribution in [0.25, 0.3) is 11.0 Å². The van der Waals surface area contributed by atoms with Gasteiger partial charge in [-0.25, -0.2) is 13.1 Å². The average molecular weight is 239 g/mol. The van der Waals surface area contributed by atoms with E-state index in [0.717, 1.165) is 5.52 Å². The third-order valence-electron chi connectivity index (χ3n) is 2.69. The smallest absolute Gasteiger partial charge is 0.154 e.